The molecule has 1 aliphatic rings. The van der Waals surface area contributed by atoms with E-state index in [1.54, 1.807) is 20.8 Å². The third-order valence-electron chi connectivity index (χ3n) is 5.56. The topological polar surface area (TPSA) is 83.5 Å². The van der Waals surface area contributed by atoms with E-state index in [0.29, 0.717) is 0 Å². The van der Waals surface area contributed by atoms with E-state index in [-0.39, 0.29) is 5.04 Å². The second-order valence-electron chi connectivity index (χ2n) is 8.33. The molecule has 0 unspecified atom stereocenters. The van der Waals surface area contributed by atoms with E-state index >= 15 is 0 Å². The number of hydrogen-bond donors (Lipinski definition) is 1. The average Bonchev–Trinajstić information content (AvgIpc) is 2.48. The lowest BCUT2D eigenvalue weighted by Gasteiger charge is -2.49. The average molecular weight is 379 g/mol. The monoisotopic (exact) mass is 378 g/mol. The molecule has 7 nitrogen and oxygen atoms in total. The van der Waals surface area contributed by atoms with Gasteiger partial charge in [-0.05, 0) is 32.0 Å². The molecule has 1 heterocycles. The number of rotatable bonds is 6. The first-order valence-corrected chi connectivity index (χ1v) is 11.4. The van der Waals surface area contributed by atoms with Crippen molar-refractivity contribution in [2.45, 2.75) is 89.6 Å². The predicted molar refractivity (Wildman–Crippen MR) is 95.5 cm³/mol. The van der Waals surface area contributed by atoms with Crippen LogP contribution in [0.2, 0.25) is 18.1 Å². The van der Waals surface area contributed by atoms with Crippen LogP contribution < -0.4 is 0 Å². The number of ether oxygens (including phenoxy) is 4. The number of aliphatic hydroxyl groups excluding tert-OH is 1. The summed E-state index contributed by atoms with van der Waals surface area (Å²) in [6, 6.07) is 0. The lowest BCUT2D eigenvalue weighted by atomic mass is 10.0. The lowest BCUT2D eigenvalue weighted by Crippen LogP contribution is -2.67. The molecule has 1 saturated heterocycles. The first-order chi connectivity index (χ1) is 11.1. The van der Waals surface area contributed by atoms with Gasteiger partial charge in [-0.15, -0.1) is 0 Å². The molecule has 0 aliphatic carbocycles. The van der Waals surface area contributed by atoms with Crippen LogP contribution in [-0.2, 0) is 28.2 Å². The molecule has 8 heteroatoms. The van der Waals surface area contributed by atoms with E-state index in [0.717, 1.165) is 0 Å². The van der Waals surface area contributed by atoms with Crippen LogP contribution in [0.25, 0.3) is 0 Å². The van der Waals surface area contributed by atoms with Crippen molar-refractivity contribution in [2.24, 2.45) is 0 Å². The normalized spacial score (nSPS) is 33.7. The van der Waals surface area contributed by atoms with E-state index in [9.17, 15) is 9.90 Å². The summed E-state index contributed by atoms with van der Waals surface area (Å²) in [5.41, 5.74) is 0. The van der Waals surface area contributed by atoms with E-state index in [1.807, 2.05) is 0 Å². The lowest BCUT2D eigenvalue weighted by molar-refractivity contribution is -0.411. The number of cyclic esters (lactones) is 1. The van der Waals surface area contributed by atoms with Crippen LogP contribution in [0.3, 0.4) is 0 Å². The second kappa shape index (κ2) is 7.25. The summed E-state index contributed by atoms with van der Waals surface area (Å²) >= 11 is 0. The van der Waals surface area contributed by atoms with Crippen LogP contribution in [0.1, 0.15) is 41.5 Å². The van der Waals surface area contributed by atoms with Gasteiger partial charge in [0.2, 0.25) is 5.79 Å². The van der Waals surface area contributed by atoms with Crippen molar-refractivity contribution < 1.29 is 33.3 Å². The molecule has 0 aromatic carbocycles. The van der Waals surface area contributed by atoms with E-state index in [4.69, 9.17) is 23.4 Å². The maximum absolute atomic E-state index is 12.4. The highest BCUT2D eigenvalue weighted by Gasteiger charge is 2.59. The minimum Gasteiger partial charge on any atom is -0.425 e. The van der Waals surface area contributed by atoms with Gasteiger partial charge in [-0.3, -0.25) is 0 Å². The Morgan fingerprint density at radius 2 is 1.64 bits per heavy atom. The summed E-state index contributed by atoms with van der Waals surface area (Å²) in [6.07, 6.45) is -3.03. The Hall–Kier alpha value is -0.513. The zero-order valence-electron chi connectivity index (χ0n) is 17.1. The predicted octanol–water partition coefficient (Wildman–Crippen LogP) is 2.42. The van der Waals surface area contributed by atoms with Crippen molar-refractivity contribution in [1.82, 2.24) is 0 Å². The SMILES string of the molecule is CO[C@@]1(C)OC(=O)[C@@H]([C@@H](O)[C@H](C)O[Si](C)(C)C(C)(C)C)O[C@]1(C)OC. The number of hydrogen-bond acceptors (Lipinski definition) is 7. The zero-order valence-corrected chi connectivity index (χ0v) is 18.1. The Morgan fingerprint density at radius 1 is 1.16 bits per heavy atom. The Bertz CT molecular complexity index is 490. The van der Waals surface area contributed by atoms with Crippen molar-refractivity contribution in [3.05, 3.63) is 0 Å². The number of carbonyl (C=O) groups is 1. The summed E-state index contributed by atoms with van der Waals surface area (Å²) in [7, 11) is 0.704. The van der Waals surface area contributed by atoms with Crippen molar-refractivity contribution in [1.29, 1.82) is 0 Å². The molecule has 0 amide bonds. The van der Waals surface area contributed by atoms with Crippen LogP contribution in [0.15, 0.2) is 0 Å². The highest BCUT2D eigenvalue weighted by Crippen LogP contribution is 2.40. The van der Waals surface area contributed by atoms with E-state index in [2.05, 4.69) is 33.9 Å². The second-order valence-corrected chi connectivity index (χ2v) is 13.1. The van der Waals surface area contributed by atoms with E-state index < -0.39 is 44.2 Å². The molecule has 25 heavy (non-hydrogen) atoms. The maximum Gasteiger partial charge on any atom is 0.340 e. The first-order valence-electron chi connectivity index (χ1n) is 8.51. The number of carbonyl (C=O) groups excluding carboxylic acids is 1. The van der Waals surface area contributed by atoms with Gasteiger partial charge in [0.05, 0.1) is 6.10 Å². The maximum atomic E-state index is 12.4. The third kappa shape index (κ3) is 4.25. The molecule has 1 N–H and O–H groups in total. The van der Waals surface area contributed by atoms with Gasteiger partial charge in [-0.1, -0.05) is 20.8 Å². The van der Waals surface area contributed by atoms with Crippen molar-refractivity contribution in [2.75, 3.05) is 14.2 Å². The largest absolute Gasteiger partial charge is 0.425 e. The Labute approximate surface area is 152 Å². The molecule has 1 aliphatic heterocycles. The van der Waals surface area contributed by atoms with Gasteiger partial charge in [0, 0.05) is 21.1 Å². The standard InChI is InChI=1S/C17H34O7Si/c1-11(24-25(9,10)15(2,3)4)12(18)13-14(19)23-17(6,21-8)16(5,20-7)22-13/h11-13,18H,1-10H3/t11-,12-,13+,16-,17-/m0/s1. The molecule has 148 valence electrons. The summed E-state index contributed by atoms with van der Waals surface area (Å²) < 4.78 is 28.0. The third-order valence-corrected chi connectivity index (χ3v) is 10.1. The highest BCUT2D eigenvalue weighted by molar-refractivity contribution is 6.74. The van der Waals surface area contributed by atoms with Gasteiger partial charge in [-0.25, -0.2) is 4.79 Å². The van der Waals surface area contributed by atoms with Gasteiger partial charge in [-0.2, -0.15) is 0 Å². The summed E-state index contributed by atoms with van der Waals surface area (Å²) in [6.45, 7) is 15.4. The fraction of sp³-hybridized carbons (Fsp3) is 0.941. The Balaban J connectivity index is 2.98. The van der Waals surface area contributed by atoms with Crippen molar-refractivity contribution in [3.8, 4) is 0 Å². The molecule has 0 spiro atoms. The number of methoxy groups -OCH3 is 2. The molecule has 1 fully saturated rings. The minimum absolute atomic E-state index is 0.0232. The molecular weight excluding hydrogens is 344 g/mol. The first kappa shape index (κ1) is 22.5. The van der Waals surface area contributed by atoms with E-state index in [1.165, 1.54) is 14.2 Å². The van der Waals surface area contributed by atoms with Gasteiger partial charge in [0.15, 0.2) is 14.4 Å². The smallest absolute Gasteiger partial charge is 0.340 e. The Kier molecular flexibility index (Phi) is 6.53. The highest BCUT2D eigenvalue weighted by atomic mass is 28.4. The fourth-order valence-corrected chi connectivity index (χ4v) is 3.79. The van der Waals surface area contributed by atoms with Gasteiger partial charge in [0.25, 0.3) is 5.79 Å². The Morgan fingerprint density at radius 3 is 2.04 bits per heavy atom. The van der Waals surface area contributed by atoms with Gasteiger partial charge < -0.3 is 28.5 Å². The quantitative estimate of drug-likeness (QED) is 0.561. The zero-order chi connectivity index (χ0) is 19.8. The minimum atomic E-state index is -2.12. The van der Waals surface area contributed by atoms with Crippen molar-refractivity contribution >= 4 is 14.3 Å². The molecule has 0 radical (unpaired) electrons. The molecule has 0 saturated carbocycles. The molecular formula is C17H34O7Si. The molecule has 0 aromatic rings. The van der Waals surface area contributed by atoms with Crippen LogP contribution in [-0.4, -0.2) is 63.5 Å². The summed E-state index contributed by atoms with van der Waals surface area (Å²) in [5.74, 6) is -3.49. The molecule has 0 aromatic heterocycles. The summed E-state index contributed by atoms with van der Waals surface area (Å²) in [5, 5.41) is 10.7. The van der Waals surface area contributed by atoms with Crippen LogP contribution >= 0.6 is 0 Å². The van der Waals surface area contributed by atoms with Gasteiger partial charge in [0.1, 0.15) is 6.10 Å². The van der Waals surface area contributed by atoms with Crippen LogP contribution in [0, 0.1) is 0 Å². The molecule has 5 atom stereocenters. The number of aliphatic hydroxyl groups is 1. The van der Waals surface area contributed by atoms with Crippen LogP contribution in [0.5, 0.6) is 0 Å². The molecule has 0 bridgehead atoms. The summed E-state index contributed by atoms with van der Waals surface area (Å²) in [4.78, 5) is 12.4. The van der Waals surface area contributed by atoms with Crippen molar-refractivity contribution in [3.63, 3.8) is 0 Å². The molecule has 1 rings (SSSR count). The van der Waals surface area contributed by atoms with Crippen LogP contribution in [0.4, 0.5) is 0 Å². The fourth-order valence-electron chi connectivity index (χ4n) is 2.37. The van der Waals surface area contributed by atoms with Gasteiger partial charge >= 0.3 is 5.97 Å². The number of esters is 1.